The molecule has 0 N–H and O–H groups in total. The van der Waals surface area contributed by atoms with Crippen LogP contribution in [0.25, 0.3) is 0 Å². The van der Waals surface area contributed by atoms with Crippen molar-refractivity contribution in [3.63, 3.8) is 0 Å². The van der Waals surface area contributed by atoms with Crippen LogP contribution in [0.4, 0.5) is 0 Å². The molecule has 0 aromatic rings. The molecule has 0 aliphatic heterocycles. The highest BCUT2D eigenvalue weighted by molar-refractivity contribution is 5.71. The number of esters is 3. The van der Waals surface area contributed by atoms with Gasteiger partial charge in [-0.05, 0) is 25.2 Å². The summed E-state index contributed by atoms with van der Waals surface area (Å²) in [6.45, 7) is 9.03. The summed E-state index contributed by atoms with van der Waals surface area (Å²) in [5.74, 6) is 0.00437. The molecule has 0 aliphatic carbocycles. The third kappa shape index (κ3) is 47.5. The lowest BCUT2D eigenvalue weighted by Gasteiger charge is -2.18. The normalized spacial score (nSPS) is 11.9. The maximum absolute atomic E-state index is 12.8. The van der Waals surface area contributed by atoms with Crippen molar-refractivity contribution >= 4 is 17.9 Å². The Bertz CT molecular complexity index is 903. The first-order valence-electron chi connectivity index (χ1n) is 26.9. The highest BCUT2D eigenvalue weighted by atomic mass is 16.6. The molecular weight excluding hydrogens is 745 g/mol. The summed E-state index contributed by atoms with van der Waals surface area (Å²) >= 11 is 0. The molecule has 0 saturated heterocycles. The Hall–Kier alpha value is -1.59. The molecule has 0 heterocycles. The van der Waals surface area contributed by atoms with Gasteiger partial charge in [-0.15, -0.1) is 0 Å². The minimum atomic E-state index is -0.760. The van der Waals surface area contributed by atoms with Crippen molar-refractivity contribution in [2.45, 2.75) is 310 Å². The summed E-state index contributed by atoms with van der Waals surface area (Å²) in [6, 6.07) is 0. The van der Waals surface area contributed by atoms with Crippen LogP contribution in [-0.2, 0) is 28.6 Å². The zero-order valence-corrected chi connectivity index (χ0v) is 40.9. The van der Waals surface area contributed by atoms with Crippen molar-refractivity contribution in [3.8, 4) is 0 Å². The van der Waals surface area contributed by atoms with Gasteiger partial charge < -0.3 is 14.2 Å². The maximum atomic E-state index is 12.8. The van der Waals surface area contributed by atoms with Crippen LogP contribution in [-0.4, -0.2) is 37.2 Å². The standard InChI is InChI=1S/C54H104O6/c1-5-7-9-11-13-15-16-17-19-23-26-30-34-38-42-46-53(56)59-49-51(48-58-52(55)45-41-37-33-28-14-12-10-8-6-2)60-54(57)47-43-39-35-31-27-24-21-18-20-22-25-29-32-36-40-44-50(3)4/h50-51H,5-49H2,1-4H3/t51-/m0/s1. The van der Waals surface area contributed by atoms with E-state index in [1.54, 1.807) is 0 Å². The van der Waals surface area contributed by atoms with Gasteiger partial charge in [0.15, 0.2) is 6.10 Å². The Morgan fingerprint density at radius 1 is 0.317 bits per heavy atom. The zero-order chi connectivity index (χ0) is 43.8. The third-order valence-electron chi connectivity index (χ3n) is 12.3. The summed E-state index contributed by atoms with van der Waals surface area (Å²) in [4.78, 5) is 37.9. The Morgan fingerprint density at radius 2 is 0.550 bits per heavy atom. The van der Waals surface area contributed by atoms with Crippen LogP contribution < -0.4 is 0 Å². The van der Waals surface area contributed by atoms with Crippen LogP contribution in [0.3, 0.4) is 0 Å². The quantitative estimate of drug-likeness (QED) is 0.0345. The van der Waals surface area contributed by atoms with Gasteiger partial charge in [-0.2, -0.15) is 0 Å². The number of carbonyl (C=O) groups excluding carboxylic acids is 3. The molecule has 356 valence electrons. The fraction of sp³-hybridized carbons (Fsp3) is 0.944. The molecule has 0 amide bonds. The summed E-state index contributed by atoms with van der Waals surface area (Å²) in [6.07, 6.45) is 50.9. The summed E-state index contributed by atoms with van der Waals surface area (Å²) in [5.41, 5.74) is 0. The molecule has 0 aromatic heterocycles. The molecule has 0 unspecified atom stereocenters. The van der Waals surface area contributed by atoms with Gasteiger partial charge in [0.1, 0.15) is 13.2 Å². The Balaban J connectivity index is 4.24. The maximum Gasteiger partial charge on any atom is 0.306 e. The molecular formula is C54H104O6. The molecule has 60 heavy (non-hydrogen) atoms. The summed E-state index contributed by atoms with van der Waals surface area (Å²) < 4.78 is 16.8. The molecule has 0 radical (unpaired) electrons. The van der Waals surface area contributed by atoms with Gasteiger partial charge in [-0.25, -0.2) is 0 Å². The lowest BCUT2D eigenvalue weighted by atomic mass is 10.0. The lowest BCUT2D eigenvalue weighted by molar-refractivity contribution is -0.167. The second-order valence-electron chi connectivity index (χ2n) is 19.0. The third-order valence-corrected chi connectivity index (χ3v) is 12.3. The Morgan fingerprint density at radius 3 is 0.817 bits per heavy atom. The van der Waals surface area contributed by atoms with Gasteiger partial charge in [-0.1, -0.05) is 265 Å². The van der Waals surface area contributed by atoms with Gasteiger partial charge in [-0.3, -0.25) is 14.4 Å². The van der Waals surface area contributed by atoms with E-state index in [4.69, 9.17) is 14.2 Å². The second-order valence-corrected chi connectivity index (χ2v) is 19.0. The molecule has 0 aliphatic rings. The largest absolute Gasteiger partial charge is 0.462 e. The first-order chi connectivity index (χ1) is 29.4. The van der Waals surface area contributed by atoms with E-state index >= 15 is 0 Å². The van der Waals surface area contributed by atoms with E-state index in [9.17, 15) is 14.4 Å². The average Bonchev–Trinajstić information content (AvgIpc) is 3.23. The molecule has 0 aromatic carbocycles. The first kappa shape index (κ1) is 58.4. The van der Waals surface area contributed by atoms with Crippen molar-refractivity contribution < 1.29 is 28.6 Å². The number of carbonyl (C=O) groups is 3. The molecule has 6 heteroatoms. The van der Waals surface area contributed by atoms with E-state index < -0.39 is 6.10 Å². The number of ether oxygens (including phenoxy) is 3. The summed E-state index contributed by atoms with van der Waals surface area (Å²) in [7, 11) is 0. The van der Waals surface area contributed by atoms with Crippen LogP contribution in [0.15, 0.2) is 0 Å². The smallest absolute Gasteiger partial charge is 0.306 e. The van der Waals surface area contributed by atoms with Gasteiger partial charge in [0.2, 0.25) is 0 Å². The molecule has 0 fully saturated rings. The average molecular weight is 849 g/mol. The topological polar surface area (TPSA) is 78.9 Å². The van der Waals surface area contributed by atoms with E-state index in [2.05, 4.69) is 27.7 Å². The van der Waals surface area contributed by atoms with Crippen molar-refractivity contribution in [1.29, 1.82) is 0 Å². The van der Waals surface area contributed by atoms with Crippen LogP contribution in [0, 0.1) is 5.92 Å². The molecule has 0 rings (SSSR count). The fourth-order valence-electron chi connectivity index (χ4n) is 8.22. The number of unbranched alkanes of at least 4 members (excludes halogenated alkanes) is 36. The van der Waals surface area contributed by atoms with Crippen molar-refractivity contribution in [3.05, 3.63) is 0 Å². The van der Waals surface area contributed by atoms with E-state index in [0.29, 0.717) is 19.3 Å². The highest BCUT2D eigenvalue weighted by Crippen LogP contribution is 2.17. The lowest BCUT2D eigenvalue weighted by Crippen LogP contribution is -2.30. The molecule has 6 nitrogen and oxygen atoms in total. The SMILES string of the molecule is CCCCCCCCCCCCCCCCCC(=O)OC[C@H](COC(=O)CCCCCCCCCCC)OC(=O)CCCCCCCCCCCCCCCCCC(C)C. The number of hydrogen-bond acceptors (Lipinski definition) is 6. The van der Waals surface area contributed by atoms with Crippen molar-refractivity contribution in [2.75, 3.05) is 13.2 Å². The Kier molecular flexibility index (Phi) is 47.2. The fourth-order valence-corrected chi connectivity index (χ4v) is 8.22. The highest BCUT2D eigenvalue weighted by Gasteiger charge is 2.19. The molecule has 1 atom stereocenters. The Labute approximate surface area is 374 Å². The van der Waals surface area contributed by atoms with E-state index in [-0.39, 0.29) is 31.1 Å². The first-order valence-corrected chi connectivity index (χ1v) is 26.9. The molecule has 0 spiro atoms. The monoisotopic (exact) mass is 849 g/mol. The van der Waals surface area contributed by atoms with E-state index in [1.807, 2.05) is 0 Å². The van der Waals surface area contributed by atoms with Gasteiger partial charge in [0.25, 0.3) is 0 Å². The number of rotatable bonds is 49. The van der Waals surface area contributed by atoms with Gasteiger partial charge in [0.05, 0.1) is 0 Å². The molecule has 0 bridgehead atoms. The van der Waals surface area contributed by atoms with Gasteiger partial charge in [0, 0.05) is 19.3 Å². The van der Waals surface area contributed by atoms with E-state index in [0.717, 1.165) is 63.7 Å². The van der Waals surface area contributed by atoms with E-state index in [1.165, 1.54) is 199 Å². The van der Waals surface area contributed by atoms with Crippen LogP contribution >= 0.6 is 0 Å². The van der Waals surface area contributed by atoms with Crippen molar-refractivity contribution in [2.24, 2.45) is 5.92 Å². The minimum Gasteiger partial charge on any atom is -0.462 e. The van der Waals surface area contributed by atoms with Crippen molar-refractivity contribution in [1.82, 2.24) is 0 Å². The zero-order valence-electron chi connectivity index (χ0n) is 40.9. The predicted octanol–water partition coefficient (Wildman–Crippen LogP) is 17.5. The van der Waals surface area contributed by atoms with Crippen LogP contribution in [0.5, 0.6) is 0 Å². The molecule has 0 saturated carbocycles. The minimum absolute atomic E-state index is 0.0624. The summed E-state index contributed by atoms with van der Waals surface area (Å²) in [5, 5.41) is 0. The predicted molar refractivity (Wildman–Crippen MR) is 257 cm³/mol. The van der Waals surface area contributed by atoms with Crippen LogP contribution in [0.1, 0.15) is 304 Å². The second kappa shape index (κ2) is 48.4. The number of hydrogen-bond donors (Lipinski definition) is 0. The van der Waals surface area contributed by atoms with Gasteiger partial charge >= 0.3 is 17.9 Å². The van der Waals surface area contributed by atoms with Crippen LogP contribution in [0.2, 0.25) is 0 Å².